The molecule has 5 rings (SSSR count). The summed E-state index contributed by atoms with van der Waals surface area (Å²) in [6, 6.07) is 20.2. The van der Waals surface area contributed by atoms with Crippen LogP contribution in [0.1, 0.15) is 5.56 Å². The van der Waals surface area contributed by atoms with Gasteiger partial charge in [-0.2, -0.15) is 0 Å². The number of nitrogens with one attached hydrogen (secondary N) is 1. The summed E-state index contributed by atoms with van der Waals surface area (Å²) in [7, 11) is 0. The predicted octanol–water partition coefficient (Wildman–Crippen LogP) is 3.66. The van der Waals surface area contributed by atoms with E-state index >= 15 is 0 Å². The molecule has 0 saturated heterocycles. The number of pyridine rings is 1. The lowest BCUT2D eigenvalue weighted by Crippen LogP contribution is -2.02. The van der Waals surface area contributed by atoms with Crippen LogP contribution in [-0.2, 0) is 6.54 Å². The fourth-order valence-corrected chi connectivity index (χ4v) is 3.23. The van der Waals surface area contributed by atoms with Crippen LogP contribution in [-0.4, -0.2) is 24.8 Å². The van der Waals surface area contributed by atoms with Gasteiger partial charge in [-0.05, 0) is 46.2 Å². The van der Waals surface area contributed by atoms with Gasteiger partial charge in [-0.1, -0.05) is 30.3 Å². The smallest absolute Gasteiger partial charge is 0.199 e. The van der Waals surface area contributed by atoms with Crippen molar-refractivity contribution in [3.05, 3.63) is 78.6 Å². The van der Waals surface area contributed by atoms with Crippen LogP contribution in [0.2, 0.25) is 0 Å². The minimum atomic E-state index is 0.190. The highest BCUT2D eigenvalue weighted by atomic mass is 16.6. The predicted molar refractivity (Wildman–Crippen MR) is 110 cm³/mol. The van der Waals surface area contributed by atoms with E-state index in [1.165, 1.54) is 5.56 Å². The summed E-state index contributed by atoms with van der Waals surface area (Å²) in [4.78, 5) is 8.79. The van der Waals surface area contributed by atoms with Crippen molar-refractivity contribution < 1.29 is 4.63 Å². The first-order chi connectivity index (χ1) is 14.3. The average molecular weight is 383 g/mol. The first-order valence-electron chi connectivity index (χ1n) is 9.09. The van der Waals surface area contributed by atoms with Crippen molar-refractivity contribution in [2.45, 2.75) is 6.54 Å². The van der Waals surface area contributed by atoms with Crippen molar-refractivity contribution in [3.8, 4) is 17.2 Å². The number of fused-ring (bicyclic) bond motifs is 1. The van der Waals surface area contributed by atoms with Crippen LogP contribution in [0, 0.1) is 0 Å². The molecule has 2 aromatic carbocycles. The van der Waals surface area contributed by atoms with E-state index in [-0.39, 0.29) is 5.82 Å². The summed E-state index contributed by atoms with van der Waals surface area (Å²) in [5.41, 5.74) is 11.1. The van der Waals surface area contributed by atoms with Crippen molar-refractivity contribution in [2.75, 3.05) is 11.1 Å². The molecule has 0 aliphatic rings. The van der Waals surface area contributed by atoms with Gasteiger partial charge in [0.15, 0.2) is 17.3 Å². The van der Waals surface area contributed by atoms with Gasteiger partial charge < -0.3 is 11.1 Å². The molecule has 3 heterocycles. The number of hydrogen-bond donors (Lipinski definition) is 2. The molecule has 0 saturated carbocycles. The summed E-state index contributed by atoms with van der Waals surface area (Å²) >= 11 is 0. The van der Waals surface area contributed by atoms with Gasteiger partial charge in [0, 0.05) is 24.1 Å². The van der Waals surface area contributed by atoms with E-state index in [1.54, 1.807) is 12.4 Å². The fourth-order valence-electron chi connectivity index (χ4n) is 3.23. The summed E-state index contributed by atoms with van der Waals surface area (Å²) < 4.78 is 6.74. The number of imidazole rings is 1. The normalized spacial score (nSPS) is 11.0. The molecule has 8 nitrogen and oxygen atoms in total. The van der Waals surface area contributed by atoms with Gasteiger partial charge in [0.05, 0.1) is 11.7 Å². The minimum Gasteiger partial charge on any atom is -0.381 e. The van der Waals surface area contributed by atoms with E-state index in [2.05, 4.69) is 37.7 Å². The Morgan fingerprint density at radius 1 is 0.966 bits per heavy atom. The first kappa shape index (κ1) is 16.9. The number of nitrogens with zero attached hydrogens (tertiary/aromatic N) is 5. The maximum Gasteiger partial charge on any atom is 0.199 e. The lowest BCUT2D eigenvalue weighted by molar-refractivity contribution is 0.310. The number of rotatable bonds is 5. The van der Waals surface area contributed by atoms with E-state index in [4.69, 9.17) is 10.4 Å². The molecular weight excluding hydrogens is 366 g/mol. The van der Waals surface area contributed by atoms with E-state index in [0.29, 0.717) is 11.5 Å². The number of benzene rings is 2. The van der Waals surface area contributed by atoms with Gasteiger partial charge in [0.2, 0.25) is 0 Å². The van der Waals surface area contributed by atoms with Gasteiger partial charge in [-0.25, -0.2) is 9.61 Å². The van der Waals surface area contributed by atoms with Crippen molar-refractivity contribution >= 4 is 22.5 Å². The highest BCUT2D eigenvalue weighted by Gasteiger charge is 2.20. The zero-order valence-corrected chi connectivity index (χ0v) is 15.4. The molecule has 0 aliphatic carbocycles. The highest BCUT2D eigenvalue weighted by Crippen LogP contribution is 2.30. The van der Waals surface area contributed by atoms with E-state index < -0.39 is 0 Å². The molecule has 3 N–H and O–H groups in total. The molecule has 8 heteroatoms. The van der Waals surface area contributed by atoms with Crippen LogP contribution in [0.5, 0.6) is 0 Å². The zero-order valence-electron chi connectivity index (χ0n) is 15.4. The Bertz CT molecular complexity index is 1260. The van der Waals surface area contributed by atoms with Crippen molar-refractivity contribution in [1.82, 2.24) is 24.8 Å². The molecule has 0 unspecified atom stereocenters. The Hall–Kier alpha value is -4.20. The molecule has 0 bridgehead atoms. The number of hydrogen-bond acceptors (Lipinski definition) is 7. The van der Waals surface area contributed by atoms with Gasteiger partial charge in [-0.15, -0.1) is 0 Å². The van der Waals surface area contributed by atoms with E-state index in [1.807, 2.05) is 53.1 Å². The molecule has 0 radical (unpaired) electrons. The van der Waals surface area contributed by atoms with Gasteiger partial charge in [-0.3, -0.25) is 9.55 Å². The molecule has 142 valence electrons. The third kappa shape index (κ3) is 3.16. The van der Waals surface area contributed by atoms with Crippen molar-refractivity contribution in [3.63, 3.8) is 0 Å². The third-order valence-corrected chi connectivity index (χ3v) is 4.65. The van der Waals surface area contributed by atoms with Crippen LogP contribution in [0.15, 0.2) is 77.7 Å². The number of anilines is 2. The zero-order chi connectivity index (χ0) is 19.6. The summed E-state index contributed by atoms with van der Waals surface area (Å²) in [5, 5.41) is 11.0. The number of nitrogen functional groups attached to an aromatic ring is 1. The van der Waals surface area contributed by atoms with Crippen molar-refractivity contribution in [2.24, 2.45) is 0 Å². The molecule has 3 aromatic heterocycles. The number of aromatic nitrogens is 5. The van der Waals surface area contributed by atoms with Crippen LogP contribution in [0.3, 0.4) is 0 Å². The second-order valence-corrected chi connectivity index (χ2v) is 6.52. The highest BCUT2D eigenvalue weighted by molar-refractivity contribution is 5.83. The largest absolute Gasteiger partial charge is 0.381 e. The number of nitrogens with two attached hydrogens (primary N) is 1. The molecule has 0 amide bonds. The molecule has 5 aromatic rings. The van der Waals surface area contributed by atoms with Crippen LogP contribution in [0.4, 0.5) is 11.5 Å². The third-order valence-electron chi connectivity index (χ3n) is 4.65. The average Bonchev–Trinajstić information content (AvgIpc) is 3.36. The molecular formula is C21H17N7O. The monoisotopic (exact) mass is 383 g/mol. The molecule has 0 spiro atoms. The van der Waals surface area contributed by atoms with E-state index in [0.717, 1.165) is 29.0 Å². The Morgan fingerprint density at radius 3 is 2.55 bits per heavy atom. The summed E-state index contributed by atoms with van der Waals surface area (Å²) in [5.74, 6) is 0.743. The Kier molecular flexibility index (Phi) is 4.14. The van der Waals surface area contributed by atoms with E-state index in [9.17, 15) is 0 Å². The molecule has 0 atom stereocenters. The van der Waals surface area contributed by atoms with Gasteiger partial charge >= 0.3 is 0 Å². The lowest BCUT2D eigenvalue weighted by atomic mass is 10.2. The van der Waals surface area contributed by atoms with Gasteiger partial charge in [0.1, 0.15) is 5.52 Å². The molecule has 29 heavy (non-hydrogen) atoms. The first-order valence-corrected chi connectivity index (χ1v) is 9.09. The van der Waals surface area contributed by atoms with Gasteiger partial charge in [0.25, 0.3) is 0 Å². The fraction of sp³-hybridized carbons (Fsp3) is 0.0476. The topological polar surface area (TPSA) is 108 Å². The SMILES string of the molecule is Nc1nonc1-c1nc2cnccc2n1-c1ccc(NCc2ccccc2)cc1. The quantitative estimate of drug-likeness (QED) is 0.477. The Balaban J connectivity index is 1.51. The lowest BCUT2D eigenvalue weighted by Gasteiger charge is -2.10. The molecule has 0 fully saturated rings. The second-order valence-electron chi connectivity index (χ2n) is 6.52. The standard InChI is InChI=1S/C21H17N7O/c22-20-19(26-29-27-20)21-25-17-13-23-11-10-18(17)28(21)16-8-6-15(7-9-16)24-12-14-4-2-1-3-5-14/h1-11,13,24H,12H2,(H2,22,27). The van der Waals surface area contributed by atoms with Crippen molar-refractivity contribution in [1.29, 1.82) is 0 Å². The Morgan fingerprint density at radius 2 is 1.79 bits per heavy atom. The maximum atomic E-state index is 5.91. The van der Waals surface area contributed by atoms with Crippen LogP contribution >= 0.6 is 0 Å². The molecule has 0 aliphatic heterocycles. The minimum absolute atomic E-state index is 0.190. The maximum absolute atomic E-state index is 5.91. The van der Waals surface area contributed by atoms with Crippen LogP contribution < -0.4 is 11.1 Å². The Labute approximate surface area is 166 Å². The van der Waals surface area contributed by atoms with Crippen LogP contribution in [0.25, 0.3) is 28.2 Å². The second kappa shape index (κ2) is 7.08. The summed E-state index contributed by atoms with van der Waals surface area (Å²) in [6.45, 7) is 0.756. The summed E-state index contributed by atoms with van der Waals surface area (Å²) in [6.07, 6.45) is 3.43.